The Hall–Kier alpha value is -1.09. The molecule has 0 fully saturated rings. The Morgan fingerprint density at radius 3 is 2.92 bits per heavy atom. The molecule has 0 aliphatic carbocycles. The Kier molecular flexibility index (Phi) is 2.65. The second-order valence-corrected chi connectivity index (χ2v) is 3.19. The molecule has 1 atom stereocenters. The van der Waals surface area contributed by atoms with Crippen molar-refractivity contribution in [1.82, 2.24) is 9.55 Å². The molecule has 0 saturated carbocycles. The number of aromatic nitrogens is 2. The first kappa shape index (κ1) is 9.00. The molecule has 3 nitrogen and oxygen atoms in total. The average Bonchev–Trinajstić information content (AvgIpc) is 2.35. The van der Waals surface area contributed by atoms with E-state index in [2.05, 4.69) is 11.6 Å². The summed E-state index contributed by atoms with van der Waals surface area (Å²) < 4.78 is 1.92. The monoisotopic (exact) mass is 165 g/mol. The molecule has 3 heteroatoms. The number of hydrogen-bond donors (Lipinski definition) is 1. The van der Waals surface area contributed by atoms with E-state index in [1.165, 1.54) is 0 Å². The molecule has 0 spiro atoms. The van der Waals surface area contributed by atoms with Gasteiger partial charge in [-0.3, -0.25) is 0 Å². The zero-order valence-corrected chi connectivity index (χ0v) is 7.62. The van der Waals surface area contributed by atoms with Crippen LogP contribution in [0.25, 0.3) is 0 Å². The minimum absolute atomic E-state index is 0.0277. The molecule has 0 aromatic carbocycles. The van der Waals surface area contributed by atoms with Crippen LogP contribution in [0.1, 0.15) is 12.6 Å². The smallest absolute Gasteiger partial charge is 0.0946 e. The fourth-order valence-corrected chi connectivity index (χ4v) is 0.972. The Morgan fingerprint density at radius 1 is 1.83 bits per heavy atom. The van der Waals surface area contributed by atoms with Crippen LogP contribution in [0.4, 0.5) is 0 Å². The molecule has 0 radical (unpaired) electrons. The van der Waals surface area contributed by atoms with Crippen molar-refractivity contribution < 1.29 is 0 Å². The van der Waals surface area contributed by atoms with Crippen molar-refractivity contribution in [2.75, 3.05) is 0 Å². The predicted molar refractivity (Wildman–Crippen MR) is 49.7 cm³/mol. The summed E-state index contributed by atoms with van der Waals surface area (Å²) >= 11 is 0. The maximum Gasteiger partial charge on any atom is 0.0946 e. The van der Waals surface area contributed by atoms with Gasteiger partial charge in [0.2, 0.25) is 0 Å². The number of nitrogens with two attached hydrogens (primary N) is 1. The topological polar surface area (TPSA) is 43.8 Å². The fraction of sp³-hybridized carbons (Fsp3) is 0.444. The summed E-state index contributed by atoms with van der Waals surface area (Å²) in [4.78, 5) is 4.18. The van der Waals surface area contributed by atoms with Crippen LogP contribution in [-0.2, 0) is 13.5 Å². The van der Waals surface area contributed by atoms with Crippen LogP contribution in [0, 0.1) is 0 Å². The zero-order chi connectivity index (χ0) is 9.14. The molecule has 0 aliphatic heterocycles. The van der Waals surface area contributed by atoms with E-state index in [4.69, 9.17) is 5.73 Å². The van der Waals surface area contributed by atoms with Gasteiger partial charge in [-0.2, -0.15) is 0 Å². The summed E-state index contributed by atoms with van der Waals surface area (Å²) in [6.45, 7) is 5.74. The van der Waals surface area contributed by atoms with Crippen LogP contribution < -0.4 is 5.73 Å². The largest absolute Gasteiger partial charge is 0.340 e. The molecule has 2 N–H and O–H groups in total. The van der Waals surface area contributed by atoms with Gasteiger partial charge in [0.25, 0.3) is 0 Å². The van der Waals surface area contributed by atoms with Crippen molar-refractivity contribution in [3.63, 3.8) is 0 Å². The second-order valence-electron chi connectivity index (χ2n) is 3.19. The lowest BCUT2D eigenvalue weighted by molar-refractivity contribution is 0.752. The highest BCUT2D eigenvalue weighted by atomic mass is 15.0. The molecular weight excluding hydrogens is 150 g/mol. The van der Waals surface area contributed by atoms with Crippen LogP contribution >= 0.6 is 0 Å². The molecular formula is C9H15N3. The van der Waals surface area contributed by atoms with Gasteiger partial charge < -0.3 is 10.3 Å². The van der Waals surface area contributed by atoms with Crippen LogP contribution in [0.2, 0.25) is 0 Å². The van der Waals surface area contributed by atoms with Crippen LogP contribution in [0.5, 0.6) is 0 Å². The summed E-state index contributed by atoms with van der Waals surface area (Å²) in [7, 11) is 1.95. The van der Waals surface area contributed by atoms with Gasteiger partial charge in [0, 0.05) is 25.7 Å². The number of imidazole rings is 1. The lowest BCUT2D eigenvalue weighted by atomic mass is 10.1. The van der Waals surface area contributed by atoms with Gasteiger partial charge in [0.15, 0.2) is 0 Å². The predicted octanol–water partition coefficient (Wildman–Crippen LogP) is 0.866. The quantitative estimate of drug-likeness (QED) is 0.675. The summed E-state index contributed by atoms with van der Waals surface area (Å²) in [5, 5.41) is 0. The minimum atomic E-state index is 0.0277. The fourth-order valence-electron chi connectivity index (χ4n) is 0.972. The number of rotatable bonds is 3. The first-order valence-corrected chi connectivity index (χ1v) is 3.97. The molecule has 0 saturated heterocycles. The molecule has 1 unspecified atom stereocenters. The lowest BCUT2D eigenvalue weighted by Gasteiger charge is -2.07. The van der Waals surface area contributed by atoms with E-state index in [1.54, 1.807) is 6.33 Å². The van der Waals surface area contributed by atoms with E-state index in [9.17, 15) is 0 Å². The molecule has 1 rings (SSSR count). The summed E-state index contributed by atoms with van der Waals surface area (Å²) in [6, 6.07) is 0.0277. The molecule has 1 heterocycles. The van der Waals surface area contributed by atoms with E-state index in [1.807, 2.05) is 24.7 Å². The Bertz CT molecular complexity index is 275. The van der Waals surface area contributed by atoms with Gasteiger partial charge in [-0.25, -0.2) is 4.98 Å². The molecule has 12 heavy (non-hydrogen) atoms. The molecule has 66 valence electrons. The van der Waals surface area contributed by atoms with E-state index >= 15 is 0 Å². The highest BCUT2D eigenvalue weighted by Crippen LogP contribution is 2.03. The summed E-state index contributed by atoms with van der Waals surface area (Å²) in [5.41, 5.74) is 7.83. The average molecular weight is 165 g/mol. The van der Waals surface area contributed by atoms with Crippen molar-refractivity contribution in [3.8, 4) is 0 Å². The molecule has 1 aromatic rings. The van der Waals surface area contributed by atoms with Crippen molar-refractivity contribution >= 4 is 0 Å². The first-order chi connectivity index (χ1) is 5.59. The Labute approximate surface area is 72.9 Å². The highest BCUT2D eigenvalue weighted by Gasteiger charge is 2.05. The normalized spacial score (nSPS) is 12.9. The van der Waals surface area contributed by atoms with Crippen molar-refractivity contribution in [2.24, 2.45) is 12.8 Å². The van der Waals surface area contributed by atoms with Gasteiger partial charge in [-0.05, 0) is 6.92 Å². The number of aryl methyl sites for hydroxylation is 1. The summed E-state index contributed by atoms with van der Waals surface area (Å²) in [6.07, 6.45) is 4.53. The van der Waals surface area contributed by atoms with Gasteiger partial charge in [0.05, 0.1) is 12.0 Å². The van der Waals surface area contributed by atoms with E-state index in [0.717, 1.165) is 17.7 Å². The lowest BCUT2D eigenvalue weighted by Crippen LogP contribution is -2.23. The van der Waals surface area contributed by atoms with Crippen LogP contribution in [0.15, 0.2) is 24.7 Å². The highest BCUT2D eigenvalue weighted by molar-refractivity contribution is 5.08. The van der Waals surface area contributed by atoms with Crippen LogP contribution in [-0.4, -0.2) is 15.6 Å². The molecule has 0 bridgehead atoms. The Balaban J connectivity index is 2.58. The van der Waals surface area contributed by atoms with E-state index in [0.29, 0.717) is 0 Å². The maximum atomic E-state index is 5.81. The van der Waals surface area contributed by atoms with E-state index < -0.39 is 0 Å². The van der Waals surface area contributed by atoms with Gasteiger partial charge in [-0.1, -0.05) is 12.2 Å². The van der Waals surface area contributed by atoms with Gasteiger partial charge >= 0.3 is 0 Å². The zero-order valence-electron chi connectivity index (χ0n) is 7.62. The number of hydrogen-bond acceptors (Lipinski definition) is 2. The van der Waals surface area contributed by atoms with Crippen molar-refractivity contribution in [2.45, 2.75) is 19.4 Å². The molecule has 1 aromatic heterocycles. The minimum Gasteiger partial charge on any atom is -0.340 e. The number of nitrogens with zero attached hydrogens (tertiary/aromatic N) is 2. The van der Waals surface area contributed by atoms with Gasteiger partial charge in [0.1, 0.15) is 0 Å². The molecule has 0 amide bonds. The first-order valence-electron chi connectivity index (χ1n) is 3.97. The van der Waals surface area contributed by atoms with Crippen molar-refractivity contribution in [3.05, 3.63) is 30.4 Å². The molecule has 0 aliphatic rings. The third-order valence-electron chi connectivity index (χ3n) is 1.82. The SMILES string of the molecule is C=C(C)C(N)Cc1cn(C)cn1. The van der Waals surface area contributed by atoms with Crippen molar-refractivity contribution in [1.29, 1.82) is 0 Å². The third-order valence-corrected chi connectivity index (χ3v) is 1.82. The maximum absolute atomic E-state index is 5.81. The third kappa shape index (κ3) is 2.20. The van der Waals surface area contributed by atoms with Gasteiger partial charge in [-0.15, -0.1) is 0 Å². The Morgan fingerprint density at radius 2 is 2.50 bits per heavy atom. The summed E-state index contributed by atoms with van der Waals surface area (Å²) in [5.74, 6) is 0. The van der Waals surface area contributed by atoms with E-state index in [-0.39, 0.29) is 6.04 Å². The standard InChI is InChI=1S/C9H15N3/c1-7(2)9(10)4-8-5-12(3)6-11-8/h5-6,9H,1,4,10H2,2-3H3. The van der Waals surface area contributed by atoms with Crippen LogP contribution in [0.3, 0.4) is 0 Å². The second kappa shape index (κ2) is 3.54.